The van der Waals surface area contributed by atoms with Gasteiger partial charge in [0.15, 0.2) is 0 Å². The Labute approximate surface area is 115 Å². The molecule has 1 saturated heterocycles. The van der Waals surface area contributed by atoms with Crippen LogP contribution < -0.4 is 11.1 Å². The largest absolute Gasteiger partial charge is 0.382 e. The maximum atomic E-state index is 12.4. The molecule has 1 saturated carbocycles. The van der Waals surface area contributed by atoms with E-state index in [2.05, 4.69) is 5.32 Å². The van der Waals surface area contributed by atoms with E-state index in [1.807, 2.05) is 20.8 Å². The van der Waals surface area contributed by atoms with Gasteiger partial charge in [0.25, 0.3) is 0 Å². The van der Waals surface area contributed by atoms with Gasteiger partial charge in [0.05, 0.1) is 6.10 Å². The van der Waals surface area contributed by atoms with Crippen LogP contribution in [-0.2, 0) is 14.3 Å². The first-order valence-electron chi connectivity index (χ1n) is 7.22. The van der Waals surface area contributed by atoms with Gasteiger partial charge < -0.3 is 20.5 Å². The van der Waals surface area contributed by atoms with Crippen molar-refractivity contribution in [3.05, 3.63) is 0 Å². The normalized spacial score (nSPS) is 35.6. The van der Waals surface area contributed by atoms with Crippen molar-refractivity contribution >= 4 is 5.91 Å². The lowest BCUT2D eigenvalue weighted by Gasteiger charge is -2.60. The Hall–Kier alpha value is -0.650. The molecule has 19 heavy (non-hydrogen) atoms. The molecule has 0 bridgehead atoms. The highest BCUT2D eigenvalue weighted by Crippen LogP contribution is 2.58. The van der Waals surface area contributed by atoms with Crippen molar-refractivity contribution < 1.29 is 14.3 Å². The Kier molecular flexibility index (Phi) is 4.18. The molecule has 3 atom stereocenters. The summed E-state index contributed by atoms with van der Waals surface area (Å²) in [5.74, 6) is 0.121. The quantitative estimate of drug-likeness (QED) is 0.696. The summed E-state index contributed by atoms with van der Waals surface area (Å²) in [6.45, 7) is 8.74. The smallest absolute Gasteiger partial charge is 0.241 e. The first-order chi connectivity index (χ1) is 8.96. The fourth-order valence-electron chi connectivity index (χ4n) is 3.51. The maximum absolute atomic E-state index is 12.4. The van der Waals surface area contributed by atoms with Gasteiger partial charge in [0, 0.05) is 37.7 Å². The summed E-state index contributed by atoms with van der Waals surface area (Å²) in [7, 11) is 0. The number of nitrogens with one attached hydrogen (secondary N) is 1. The number of ether oxygens (including phenoxy) is 2. The highest BCUT2D eigenvalue weighted by molar-refractivity contribution is 5.89. The molecule has 1 amide bonds. The van der Waals surface area contributed by atoms with E-state index in [0.29, 0.717) is 19.8 Å². The van der Waals surface area contributed by atoms with E-state index in [1.165, 1.54) is 0 Å². The second-order valence-corrected chi connectivity index (χ2v) is 6.08. The number of nitrogens with two attached hydrogens (primary N) is 1. The summed E-state index contributed by atoms with van der Waals surface area (Å²) in [6, 6.07) is 0. The van der Waals surface area contributed by atoms with Crippen LogP contribution in [0.1, 0.15) is 33.6 Å². The van der Waals surface area contributed by atoms with Crippen molar-refractivity contribution in [2.75, 3.05) is 26.4 Å². The van der Waals surface area contributed by atoms with Crippen molar-refractivity contribution in [3.8, 4) is 0 Å². The van der Waals surface area contributed by atoms with Gasteiger partial charge in [0.2, 0.25) is 5.91 Å². The summed E-state index contributed by atoms with van der Waals surface area (Å²) in [5, 5.41) is 2.95. The zero-order valence-corrected chi connectivity index (χ0v) is 12.2. The van der Waals surface area contributed by atoms with Crippen molar-refractivity contribution in [3.63, 3.8) is 0 Å². The minimum absolute atomic E-state index is 0.0410. The van der Waals surface area contributed by atoms with Crippen LogP contribution in [0.25, 0.3) is 0 Å². The first kappa shape index (κ1) is 14.8. The molecule has 2 aliphatic rings. The van der Waals surface area contributed by atoms with E-state index in [-0.39, 0.29) is 23.3 Å². The Morgan fingerprint density at radius 2 is 2.26 bits per heavy atom. The molecule has 1 aliphatic heterocycles. The van der Waals surface area contributed by atoms with E-state index in [0.717, 1.165) is 19.4 Å². The van der Waals surface area contributed by atoms with Gasteiger partial charge in [-0.3, -0.25) is 4.79 Å². The molecular weight excluding hydrogens is 244 g/mol. The molecule has 0 aromatic rings. The molecular formula is C14H26N2O3. The lowest BCUT2D eigenvalue weighted by molar-refractivity contribution is -0.175. The minimum Gasteiger partial charge on any atom is -0.382 e. The van der Waals surface area contributed by atoms with Crippen LogP contribution in [0.2, 0.25) is 0 Å². The number of hydrogen-bond donors (Lipinski definition) is 2. The molecule has 0 spiro atoms. The third kappa shape index (κ3) is 2.18. The number of fused-ring (bicyclic) bond motifs is 1. The average Bonchev–Trinajstić information content (AvgIpc) is 2.85. The van der Waals surface area contributed by atoms with Crippen LogP contribution in [-0.4, -0.2) is 43.9 Å². The molecule has 1 aliphatic carbocycles. The van der Waals surface area contributed by atoms with Gasteiger partial charge in [-0.05, 0) is 19.8 Å². The fraction of sp³-hybridized carbons (Fsp3) is 0.929. The molecule has 0 radical (unpaired) electrons. The summed E-state index contributed by atoms with van der Waals surface area (Å²) in [4.78, 5) is 12.4. The zero-order chi connectivity index (χ0) is 14.1. The maximum Gasteiger partial charge on any atom is 0.241 e. The molecule has 5 nitrogen and oxygen atoms in total. The van der Waals surface area contributed by atoms with E-state index in [1.54, 1.807) is 0 Å². The van der Waals surface area contributed by atoms with Gasteiger partial charge >= 0.3 is 0 Å². The SMILES string of the molecule is CCOCCCNC(=O)C1(N)C2CCOC2C1(C)C. The van der Waals surface area contributed by atoms with Gasteiger partial charge in [0.1, 0.15) is 5.54 Å². The predicted octanol–water partition coefficient (Wildman–Crippen LogP) is 0.672. The van der Waals surface area contributed by atoms with Crippen LogP contribution in [0.15, 0.2) is 0 Å². The highest BCUT2D eigenvalue weighted by atomic mass is 16.5. The lowest BCUT2D eigenvalue weighted by atomic mass is 9.48. The summed E-state index contributed by atoms with van der Waals surface area (Å²) in [6.07, 6.45) is 1.84. The number of hydrogen-bond acceptors (Lipinski definition) is 4. The van der Waals surface area contributed by atoms with Gasteiger partial charge in [-0.1, -0.05) is 13.8 Å². The van der Waals surface area contributed by atoms with Gasteiger partial charge in [-0.15, -0.1) is 0 Å². The third-order valence-electron chi connectivity index (χ3n) is 4.78. The second kappa shape index (κ2) is 5.38. The second-order valence-electron chi connectivity index (χ2n) is 6.08. The standard InChI is InChI=1S/C14H26N2O3/c1-4-18-8-5-7-16-12(17)14(15)10-6-9-19-11(10)13(14,2)3/h10-11H,4-9,15H2,1-3H3,(H,16,17). The Balaban J connectivity index is 1.87. The molecule has 0 aromatic carbocycles. The van der Waals surface area contributed by atoms with Crippen LogP contribution >= 0.6 is 0 Å². The molecule has 3 N–H and O–H groups in total. The van der Waals surface area contributed by atoms with Crippen LogP contribution in [0, 0.1) is 11.3 Å². The summed E-state index contributed by atoms with van der Waals surface area (Å²) < 4.78 is 10.9. The number of amides is 1. The monoisotopic (exact) mass is 270 g/mol. The van der Waals surface area contributed by atoms with Crippen LogP contribution in [0.3, 0.4) is 0 Å². The molecule has 3 unspecified atom stereocenters. The first-order valence-corrected chi connectivity index (χ1v) is 7.22. The highest BCUT2D eigenvalue weighted by Gasteiger charge is 2.71. The van der Waals surface area contributed by atoms with Crippen molar-refractivity contribution in [2.24, 2.45) is 17.1 Å². The van der Waals surface area contributed by atoms with Gasteiger partial charge in [-0.2, -0.15) is 0 Å². The topological polar surface area (TPSA) is 73.6 Å². The Bertz CT molecular complexity index is 346. The van der Waals surface area contributed by atoms with Crippen molar-refractivity contribution in [1.82, 2.24) is 5.32 Å². The predicted molar refractivity (Wildman–Crippen MR) is 72.7 cm³/mol. The molecule has 2 rings (SSSR count). The molecule has 110 valence electrons. The average molecular weight is 270 g/mol. The number of carbonyl (C=O) groups is 1. The van der Waals surface area contributed by atoms with E-state index >= 15 is 0 Å². The van der Waals surface area contributed by atoms with Gasteiger partial charge in [-0.25, -0.2) is 0 Å². The molecule has 2 fully saturated rings. The summed E-state index contributed by atoms with van der Waals surface area (Å²) >= 11 is 0. The summed E-state index contributed by atoms with van der Waals surface area (Å²) in [5.41, 5.74) is 5.34. The zero-order valence-electron chi connectivity index (χ0n) is 12.2. The molecule has 0 aromatic heterocycles. The van der Waals surface area contributed by atoms with Crippen molar-refractivity contribution in [1.29, 1.82) is 0 Å². The van der Waals surface area contributed by atoms with Crippen LogP contribution in [0.5, 0.6) is 0 Å². The van der Waals surface area contributed by atoms with Crippen LogP contribution in [0.4, 0.5) is 0 Å². The lowest BCUT2D eigenvalue weighted by Crippen LogP contribution is -2.80. The van der Waals surface area contributed by atoms with Crippen molar-refractivity contribution in [2.45, 2.75) is 45.3 Å². The van der Waals surface area contributed by atoms with E-state index in [9.17, 15) is 4.79 Å². The fourth-order valence-corrected chi connectivity index (χ4v) is 3.51. The Morgan fingerprint density at radius 3 is 2.95 bits per heavy atom. The number of carbonyl (C=O) groups excluding carboxylic acids is 1. The third-order valence-corrected chi connectivity index (χ3v) is 4.78. The van der Waals surface area contributed by atoms with E-state index in [4.69, 9.17) is 15.2 Å². The molecule has 1 heterocycles. The Morgan fingerprint density at radius 1 is 1.53 bits per heavy atom. The van der Waals surface area contributed by atoms with E-state index < -0.39 is 5.54 Å². The molecule has 5 heteroatoms. The number of rotatable bonds is 6. The minimum atomic E-state index is -0.792.